The summed E-state index contributed by atoms with van der Waals surface area (Å²) in [6, 6.07) is 7.38. The Hall–Kier alpha value is -1.22. The van der Waals surface area contributed by atoms with Gasteiger partial charge in [0, 0.05) is 11.6 Å². The summed E-state index contributed by atoms with van der Waals surface area (Å²) in [4.78, 5) is 10.9. The molecule has 1 heterocycles. The number of rotatable bonds is 1. The average molecular weight is 227 g/mol. The first kappa shape index (κ1) is 11.9. The molecule has 1 saturated heterocycles. The zero-order valence-electron chi connectivity index (χ0n) is 8.88. The minimum Gasteiger partial charge on any atom is -0.336 e. The Balaban J connectivity index is 0.000000531. The molecule has 0 aliphatic carbocycles. The van der Waals surface area contributed by atoms with Crippen LogP contribution in [0, 0.1) is 0 Å². The third-order valence-electron chi connectivity index (χ3n) is 2.05. The Morgan fingerprint density at radius 3 is 2.53 bits per heavy atom. The van der Waals surface area contributed by atoms with Crippen LogP contribution < -0.4 is 10.6 Å². The minimum atomic E-state index is -0.134. The van der Waals surface area contributed by atoms with Crippen LogP contribution in [0.1, 0.15) is 25.5 Å². The predicted molar refractivity (Wildman–Crippen MR) is 62.1 cm³/mol. The van der Waals surface area contributed by atoms with Gasteiger partial charge in [-0.15, -0.1) is 0 Å². The lowest BCUT2D eigenvalue weighted by Gasteiger charge is -2.09. The molecule has 0 aromatic heterocycles. The van der Waals surface area contributed by atoms with Crippen molar-refractivity contribution in [2.75, 3.05) is 6.54 Å². The highest BCUT2D eigenvalue weighted by Gasteiger charge is 2.22. The maximum atomic E-state index is 10.9. The molecular weight excluding hydrogens is 212 g/mol. The molecule has 15 heavy (non-hydrogen) atoms. The molecule has 1 aromatic rings. The van der Waals surface area contributed by atoms with Crippen LogP contribution in [-0.2, 0) is 0 Å². The van der Waals surface area contributed by atoms with E-state index < -0.39 is 0 Å². The molecule has 0 saturated carbocycles. The molecule has 1 aromatic carbocycles. The van der Waals surface area contributed by atoms with E-state index in [0.29, 0.717) is 11.6 Å². The summed E-state index contributed by atoms with van der Waals surface area (Å²) in [5.41, 5.74) is 0.961. The number of hydrogen-bond acceptors (Lipinski definition) is 1. The zero-order valence-corrected chi connectivity index (χ0v) is 9.64. The van der Waals surface area contributed by atoms with Crippen molar-refractivity contribution in [2.45, 2.75) is 19.9 Å². The molecule has 1 aliphatic heterocycles. The topological polar surface area (TPSA) is 41.1 Å². The summed E-state index contributed by atoms with van der Waals surface area (Å²) >= 11 is 5.97. The van der Waals surface area contributed by atoms with Crippen molar-refractivity contribution in [3.63, 3.8) is 0 Å². The number of carbonyl (C=O) groups is 1. The largest absolute Gasteiger partial charge is 0.336 e. The van der Waals surface area contributed by atoms with Crippen molar-refractivity contribution in [1.29, 1.82) is 0 Å². The van der Waals surface area contributed by atoms with Crippen LogP contribution in [0.3, 0.4) is 0 Å². The van der Waals surface area contributed by atoms with Crippen molar-refractivity contribution in [3.05, 3.63) is 34.9 Å². The summed E-state index contributed by atoms with van der Waals surface area (Å²) in [5, 5.41) is 6.15. The number of halogens is 1. The van der Waals surface area contributed by atoms with Gasteiger partial charge in [-0.3, -0.25) is 0 Å². The summed E-state index contributed by atoms with van der Waals surface area (Å²) in [7, 11) is 0. The Labute approximate surface area is 94.8 Å². The molecule has 0 spiro atoms. The molecule has 1 fully saturated rings. The number of amides is 2. The van der Waals surface area contributed by atoms with Gasteiger partial charge in [0.1, 0.15) is 0 Å². The molecule has 2 rings (SSSR count). The molecule has 0 radical (unpaired) electrons. The third-order valence-corrected chi connectivity index (χ3v) is 2.40. The van der Waals surface area contributed by atoms with E-state index in [1.54, 1.807) is 0 Å². The molecule has 1 unspecified atom stereocenters. The lowest BCUT2D eigenvalue weighted by molar-refractivity contribution is 0.247. The Morgan fingerprint density at radius 2 is 2.00 bits per heavy atom. The fourth-order valence-corrected chi connectivity index (χ4v) is 1.67. The van der Waals surface area contributed by atoms with E-state index in [0.717, 1.165) is 5.56 Å². The van der Waals surface area contributed by atoms with Gasteiger partial charge in [-0.25, -0.2) is 4.79 Å². The average Bonchev–Trinajstić information content (AvgIpc) is 2.68. The van der Waals surface area contributed by atoms with Gasteiger partial charge in [0.15, 0.2) is 0 Å². The van der Waals surface area contributed by atoms with Gasteiger partial charge in [-0.2, -0.15) is 0 Å². The monoisotopic (exact) mass is 226 g/mol. The van der Waals surface area contributed by atoms with Gasteiger partial charge >= 0.3 is 6.03 Å². The Bertz CT molecular complexity index is 341. The summed E-state index contributed by atoms with van der Waals surface area (Å²) in [5.74, 6) is 0. The fourth-order valence-electron chi connectivity index (χ4n) is 1.40. The van der Waals surface area contributed by atoms with Gasteiger partial charge in [0.25, 0.3) is 0 Å². The number of benzene rings is 1. The molecule has 4 heteroatoms. The number of nitrogens with one attached hydrogen (secondary N) is 2. The summed E-state index contributed by atoms with van der Waals surface area (Å²) in [6.07, 6.45) is 0. The summed E-state index contributed by atoms with van der Waals surface area (Å²) in [6.45, 7) is 4.60. The fraction of sp³-hybridized carbons (Fsp3) is 0.364. The van der Waals surface area contributed by atoms with Crippen molar-refractivity contribution in [3.8, 4) is 0 Å². The normalized spacial score (nSPS) is 18.6. The van der Waals surface area contributed by atoms with Crippen LogP contribution in [0.4, 0.5) is 4.79 Å². The van der Waals surface area contributed by atoms with Gasteiger partial charge < -0.3 is 10.6 Å². The van der Waals surface area contributed by atoms with E-state index >= 15 is 0 Å². The first-order valence-electron chi connectivity index (χ1n) is 5.06. The van der Waals surface area contributed by atoms with Crippen LogP contribution in [0.25, 0.3) is 0 Å². The summed E-state index contributed by atoms with van der Waals surface area (Å²) < 4.78 is 0. The van der Waals surface area contributed by atoms with Crippen molar-refractivity contribution >= 4 is 17.6 Å². The Kier molecular flexibility index (Phi) is 4.43. The van der Waals surface area contributed by atoms with Crippen molar-refractivity contribution in [1.82, 2.24) is 10.6 Å². The second kappa shape index (κ2) is 5.61. The number of hydrogen-bond donors (Lipinski definition) is 2. The molecule has 2 N–H and O–H groups in total. The van der Waals surface area contributed by atoms with Crippen molar-refractivity contribution in [2.24, 2.45) is 0 Å². The Morgan fingerprint density at radius 1 is 1.33 bits per heavy atom. The number of urea groups is 1. The second-order valence-electron chi connectivity index (χ2n) is 2.93. The van der Waals surface area contributed by atoms with Gasteiger partial charge in [-0.05, 0) is 11.6 Å². The highest BCUT2D eigenvalue weighted by atomic mass is 35.5. The standard InChI is InChI=1S/C9H9ClN2O.C2H6/c10-7-4-2-1-3-6(7)8-5-11-9(13)12-8;1-2/h1-4,8H,5H2,(H2,11,12,13);1-2H3. The first-order chi connectivity index (χ1) is 7.27. The molecule has 1 atom stereocenters. The maximum Gasteiger partial charge on any atom is 0.315 e. The molecule has 2 amide bonds. The van der Waals surface area contributed by atoms with E-state index in [-0.39, 0.29) is 12.1 Å². The third kappa shape index (κ3) is 2.86. The maximum absolute atomic E-state index is 10.9. The van der Waals surface area contributed by atoms with Crippen LogP contribution in [-0.4, -0.2) is 12.6 Å². The number of carbonyl (C=O) groups excluding carboxylic acids is 1. The van der Waals surface area contributed by atoms with Crippen LogP contribution >= 0.6 is 11.6 Å². The van der Waals surface area contributed by atoms with Gasteiger partial charge in [-0.1, -0.05) is 43.6 Å². The van der Waals surface area contributed by atoms with E-state index in [9.17, 15) is 4.79 Å². The molecule has 1 aliphatic rings. The van der Waals surface area contributed by atoms with E-state index in [1.165, 1.54) is 0 Å². The van der Waals surface area contributed by atoms with Crippen molar-refractivity contribution < 1.29 is 4.79 Å². The van der Waals surface area contributed by atoms with Crippen LogP contribution in [0.2, 0.25) is 5.02 Å². The quantitative estimate of drug-likeness (QED) is 0.760. The highest BCUT2D eigenvalue weighted by Crippen LogP contribution is 2.23. The lowest BCUT2D eigenvalue weighted by atomic mass is 10.1. The first-order valence-corrected chi connectivity index (χ1v) is 5.44. The van der Waals surface area contributed by atoms with E-state index in [2.05, 4.69) is 10.6 Å². The van der Waals surface area contributed by atoms with Crippen LogP contribution in [0.5, 0.6) is 0 Å². The van der Waals surface area contributed by atoms with Crippen LogP contribution in [0.15, 0.2) is 24.3 Å². The zero-order chi connectivity index (χ0) is 11.3. The van der Waals surface area contributed by atoms with E-state index in [4.69, 9.17) is 11.6 Å². The van der Waals surface area contributed by atoms with E-state index in [1.807, 2.05) is 38.1 Å². The molecule has 3 nitrogen and oxygen atoms in total. The highest BCUT2D eigenvalue weighted by molar-refractivity contribution is 6.31. The lowest BCUT2D eigenvalue weighted by Crippen LogP contribution is -2.21. The SMILES string of the molecule is CC.O=C1NCC(c2ccccc2Cl)N1. The van der Waals surface area contributed by atoms with Gasteiger partial charge in [0.05, 0.1) is 6.04 Å². The molecule has 0 bridgehead atoms. The smallest absolute Gasteiger partial charge is 0.315 e. The predicted octanol–water partition coefficient (Wildman–Crippen LogP) is 2.72. The second-order valence-corrected chi connectivity index (χ2v) is 3.34. The van der Waals surface area contributed by atoms with Gasteiger partial charge in [0.2, 0.25) is 0 Å². The minimum absolute atomic E-state index is 0.00111. The molecule has 82 valence electrons. The molecular formula is C11H15ClN2O.